The molecule has 0 saturated carbocycles. The minimum absolute atomic E-state index is 0.376. The summed E-state index contributed by atoms with van der Waals surface area (Å²) < 4.78 is 26.7. The zero-order chi connectivity index (χ0) is 15.3. The van der Waals surface area contributed by atoms with Crippen LogP contribution in [0.25, 0.3) is 0 Å². The van der Waals surface area contributed by atoms with Crippen LogP contribution in [0.1, 0.15) is 18.4 Å². The van der Waals surface area contributed by atoms with Crippen LogP contribution in [0.4, 0.5) is 0 Å². The molecule has 1 aromatic rings. The second-order valence-corrected chi connectivity index (χ2v) is 7.42. The smallest absolute Gasteiger partial charge is 0.243 e. The fourth-order valence-corrected chi connectivity index (χ4v) is 4.01. The summed E-state index contributed by atoms with van der Waals surface area (Å²) in [5, 5.41) is 8.54. The molecule has 0 bridgehead atoms. The van der Waals surface area contributed by atoms with E-state index in [1.807, 2.05) is 19.1 Å². The van der Waals surface area contributed by atoms with E-state index in [1.165, 1.54) is 4.90 Å². The zero-order valence-electron chi connectivity index (χ0n) is 12.4. The van der Waals surface area contributed by atoms with Crippen molar-refractivity contribution in [1.82, 2.24) is 4.31 Å². The summed E-state index contributed by atoms with van der Waals surface area (Å²) in [4.78, 5) is 1.77. The highest BCUT2D eigenvalue weighted by Gasteiger charge is 2.29. The Morgan fingerprint density at radius 2 is 1.86 bits per heavy atom. The van der Waals surface area contributed by atoms with Crippen LogP contribution in [0, 0.1) is 18.3 Å². The molecule has 1 aliphatic rings. The molecule has 1 aromatic carbocycles. The number of unbranched alkanes of at least 4 members (excludes halogenated alkanes) is 1. The maximum Gasteiger partial charge on any atom is 0.243 e. The molecule has 5 nitrogen and oxygen atoms in total. The molecule has 0 aliphatic carbocycles. The van der Waals surface area contributed by atoms with Gasteiger partial charge in [0.15, 0.2) is 0 Å². The normalized spacial score (nSPS) is 17.5. The van der Waals surface area contributed by atoms with Crippen molar-refractivity contribution in [3.63, 3.8) is 0 Å². The zero-order valence-corrected chi connectivity index (χ0v) is 13.2. The Labute approximate surface area is 126 Å². The third-order valence-corrected chi connectivity index (χ3v) is 5.82. The van der Waals surface area contributed by atoms with E-state index in [9.17, 15) is 8.42 Å². The Bertz CT molecular complexity index is 597. The molecule has 0 unspecified atom stereocenters. The van der Waals surface area contributed by atoms with Crippen LogP contribution in [-0.2, 0) is 10.0 Å². The molecule has 114 valence electrons. The number of nitriles is 1. The molecule has 2 rings (SSSR count). The highest BCUT2D eigenvalue weighted by atomic mass is 32.2. The van der Waals surface area contributed by atoms with E-state index in [-0.39, 0.29) is 0 Å². The molecule has 0 radical (unpaired) electrons. The average molecular weight is 308 g/mol. The van der Waals surface area contributed by atoms with Crippen LogP contribution in [0.3, 0.4) is 0 Å². The molecule has 1 fully saturated rings. The van der Waals surface area contributed by atoms with Gasteiger partial charge in [0.05, 0.1) is 43.7 Å². The van der Waals surface area contributed by atoms with Crippen LogP contribution in [0.2, 0.25) is 0 Å². The molecular weight excluding hydrogens is 286 g/mol. The highest BCUT2D eigenvalue weighted by molar-refractivity contribution is 7.89. The molecule has 6 heteroatoms. The summed E-state index contributed by atoms with van der Waals surface area (Å²) >= 11 is 0. The maximum absolute atomic E-state index is 12.5. The first-order valence-electron chi connectivity index (χ1n) is 7.31. The Kier molecular flexibility index (Phi) is 5.34. The number of aryl methyl sites for hydroxylation is 1. The van der Waals surface area contributed by atoms with Gasteiger partial charge < -0.3 is 4.90 Å². The number of hydrogen-bond acceptors (Lipinski definition) is 3. The first kappa shape index (κ1) is 16.0. The van der Waals surface area contributed by atoms with Gasteiger partial charge in [-0.1, -0.05) is 17.7 Å². The second-order valence-electron chi connectivity index (χ2n) is 5.48. The van der Waals surface area contributed by atoms with Crippen LogP contribution >= 0.6 is 0 Å². The van der Waals surface area contributed by atoms with E-state index in [0.717, 1.165) is 31.6 Å². The number of nitrogens with one attached hydrogen (secondary N) is 1. The Hall–Kier alpha value is -1.42. The van der Waals surface area contributed by atoms with Gasteiger partial charge in [0.2, 0.25) is 10.0 Å². The predicted octanol–water partition coefficient (Wildman–Crippen LogP) is 0.188. The lowest BCUT2D eigenvalue weighted by atomic mass is 10.2. The van der Waals surface area contributed by atoms with Gasteiger partial charge in [-0.2, -0.15) is 9.57 Å². The minimum atomic E-state index is -3.36. The third kappa shape index (κ3) is 4.03. The summed E-state index contributed by atoms with van der Waals surface area (Å²) in [5.74, 6) is 0. The largest absolute Gasteiger partial charge is 0.333 e. The summed E-state index contributed by atoms with van der Waals surface area (Å²) in [6.45, 7) is 5.63. The number of sulfonamides is 1. The number of rotatable bonds is 5. The Morgan fingerprint density at radius 3 is 2.43 bits per heavy atom. The maximum atomic E-state index is 12.5. The van der Waals surface area contributed by atoms with Gasteiger partial charge >= 0.3 is 0 Å². The molecule has 1 heterocycles. The van der Waals surface area contributed by atoms with E-state index in [4.69, 9.17) is 5.26 Å². The van der Waals surface area contributed by atoms with Crippen LogP contribution in [-0.4, -0.2) is 45.4 Å². The Morgan fingerprint density at radius 1 is 1.24 bits per heavy atom. The lowest BCUT2D eigenvalue weighted by Crippen LogP contribution is -3.14. The van der Waals surface area contributed by atoms with Crippen molar-refractivity contribution in [2.45, 2.75) is 24.7 Å². The summed E-state index contributed by atoms with van der Waals surface area (Å²) in [5.41, 5.74) is 1.06. The standard InChI is InChI=1S/C15H21N3O2S/c1-14-4-6-15(7-5-14)21(19,20)18-12-10-17(11-13-18)9-3-2-8-16/h4-7H,2-3,9-13H2,1H3/p+1. The molecule has 1 aliphatic heterocycles. The number of hydrogen-bond donors (Lipinski definition) is 1. The van der Waals surface area contributed by atoms with Gasteiger partial charge in [-0.05, 0) is 19.1 Å². The molecule has 0 amide bonds. The van der Waals surface area contributed by atoms with Gasteiger partial charge in [0, 0.05) is 12.8 Å². The molecule has 1 N–H and O–H groups in total. The van der Waals surface area contributed by atoms with Gasteiger partial charge in [-0.3, -0.25) is 0 Å². The van der Waals surface area contributed by atoms with Gasteiger partial charge in [-0.15, -0.1) is 0 Å². The minimum Gasteiger partial charge on any atom is -0.333 e. The van der Waals surface area contributed by atoms with Crippen LogP contribution in [0.15, 0.2) is 29.2 Å². The molecular formula is C15H22N3O2S+. The van der Waals surface area contributed by atoms with Crippen molar-refractivity contribution in [3.8, 4) is 6.07 Å². The fourth-order valence-electron chi connectivity index (χ4n) is 2.57. The summed E-state index contributed by atoms with van der Waals surface area (Å²) in [6, 6.07) is 9.16. The van der Waals surface area contributed by atoms with Crippen molar-refractivity contribution >= 4 is 10.0 Å². The van der Waals surface area contributed by atoms with E-state index in [1.54, 1.807) is 16.4 Å². The summed E-state index contributed by atoms with van der Waals surface area (Å²) in [6.07, 6.45) is 1.46. The molecule has 1 saturated heterocycles. The van der Waals surface area contributed by atoms with Crippen LogP contribution in [0.5, 0.6) is 0 Å². The second kappa shape index (κ2) is 7.03. The van der Waals surface area contributed by atoms with Crippen LogP contribution < -0.4 is 4.90 Å². The van der Waals surface area contributed by atoms with E-state index < -0.39 is 10.0 Å². The SMILES string of the molecule is Cc1ccc(S(=O)(=O)N2CC[NH+](CCCC#N)CC2)cc1. The number of nitrogens with zero attached hydrogens (tertiary/aromatic N) is 2. The molecule has 0 spiro atoms. The topological polar surface area (TPSA) is 65.6 Å². The quantitative estimate of drug-likeness (QED) is 0.790. The first-order chi connectivity index (χ1) is 10.0. The van der Waals surface area contributed by atoms with E-state index in [0.29, 0.717) is 24.4 Å². The van der Waals surface area contributed by atoms with Crippen molar-refractivity contribution in [2.75, 3.05) is 32.7 Å². The van der Waals surface area contributed by atoms with Crippen molar-refractivity contribution in [1.29, 1.82) is 5.26 Å². The Balaban J connectivity index is 1.95. The third-order valence-electron chi connectivity index (χ3n) is 3.91. The van der Waals surface area contributed by atoms with Crippen molar-refractivity contribution in [3.05, 3.63) is 29.8 Å². The van der Waals surface area contributed by atoms with Gasteiger partial charge in [0.1, 0.15) is 0 Å². The molecule has 0 aromatic heterocycles. The lowest BCUT2D eigenvalue weighted by molar-refractivity contribution is -0.903. The van der Waals surface area contributed by atoms with Crippen molar-refractivity contribution in [2.24, 2.45) is 0 Å². The monoisotopic (exact) mass is 308 g/mol. The van der Waals surface area contributed by atoms with E-state index >= 15 is 0 Å². The fraction of sp³-hybridized carbons (Fsp3) is 0.533. The number of quaternary nitrogens is 1. The van der Waals surface area contributed by atoms with Gasteiger partial charge in [0.25, 0.3) is 0 Å². The average Bonchev–Trinajstić information content (AvgIpc) is 2.48. The highest BCUT2D eigenvalue weighted by Crippen LogP contribution is 2.16. The molecule has 21 heavy (non-hydrogen) atoms. The predicted molar refractivity (Wildman–Crippen MR) is 80.3 cm³/mol. The first-order valence-corrected chi connectivity index (χ1v) is 8.75. The summed E-state index contributed by atoms with van der Waals surface area (Å²) in [7, 11) is -3.36. The van der Waals surface area contributed by atoms with E-state index in [2.05, 4.69) is 6.07 Å². The number of piperazine rings is 1. The van der Waals surface area contributed by atoms with Crippen molar-refractivity contribution < 1.29 is 13.3 Å². The number of benzene rings is 1. The lowest BCUT2D eigenvalue weighted by Gasteiger charge is -2.31. The molecule has 0 atom stereocenters. The van der Waals surface area contributed by atoms with Gasteiger partial charge in [-0.25, -0.2) is 8.42 Å².